The van der Waals surface area contributed by atoms with Gasteiger partial charge in [-0.3, -0.25) is 0 Å². The van der Waals surface area contributed by atoms with Crippen LogP contribution in [0, 0.1) is 6.33 Å². The molecule has 0 saturated carbocycles. The van der Waals surface area contributed by atoms with E-state index in [1.54, 1.807) is 6.20 Å². The molecule has 0 amide bonds. The van der Waals surface area contributed by atoms with Gasteiger partial charge in [0.05, 0.1) is 16.9 Å². The third-order valence-corrected chi connectivity index (χ3v) is 2.40. The lowest BCUT2D eigenvalue weighted by Crippen LogP contribution is -1.88. The Morgan fingerprint density at radius 3 is 2.69 bits per heavy atom. The van der Waals surface area contributed by atoms with Crippen LogP contribution in [0.25, 0.3) is 22.3 Å². The summed E-state index contributed by atoms with van der Waals surface area (Å²) in [6.45, 7) is 0. The SMILES string of the molecule is [c]1nccc(-c2ccc3ccccc3n2)n1. The van der Waals surface area contributed by atoms with E-state index in [1.807, 2.05) is 42.5 Å². The summed E-state index contributed by atoms with van der Waals surface area (Å²) < 4.78 is 0. The number of benzene rings is 1. The van der Waals surface area contributed by atoms with Crippen molar-refractivity contribution < 1.29 is 0 Å². The van der Waals surface area contributed by atoms with Crippen LogP contribution in [0.15, 0.2) is 48.7 Å². The van der Waals surface area contributed by atoms with Gasteiger partial charge in [0.25, 0.3) is 0 Å². The summed E-state index contributed by atoms with van der Waals surface area (Å²) in [5.74, 6) is 0. The molecule has 0 aliphatic heterocycles. The van der Waals surface area contributed by atoms with Gasteiger partial charge in [-0.1, -0.05) is 24.3 Å². The van der Waals surface area contributed by atoms with E-state index in [1.165, 1.54) is 0 Å². The second-order valence-electron chi connectivity index (χ2n) is 3.43. The van der Waals surface area contributed by atoms with E-state index in [0.717, 1.165) is 22.3 Å². The smallest absolute Gasteiger partial charge is 0.198 e. The van der Waals surface area contributed by atoms with Crippen molar-refractivity contribution in [2.45, 2.75) is 0 Å². The van der Waals surface area contributed by atoms with Gasteiger partial charge in [-0.25, -0.2) is 15.0 Å². The van der Waals surface area contributed by atoms with E-state index in [4.69, 9.17) is 0 Å². The van der Waals surface area contributed by atoms with Gasteiger partial charge in [0, 0.05) is 11.6 Å². The summed E-state index contributed by atoms with van der Waals surface area (Å²) in [5, 5.41) is 1.13. The maximum absolute atomic E-state index is 4.54. The molecule has 0 fully saturated rings. The van der Waals surface area contributed by atoms with Crippen molar-refractivity contribution in [3.63, 3.8) is 0 Å². The molecular formula is C13H8N3. The standard InChI is InChI=1S/C13H8N3/c1-2-4-11-10(3-1)5-6-13(16-11)12-7-8-14-9-15-12/h1-8H. The lowest BCUT2D eigenvalue weighted by molar-refractivity contribution is 1.14. The number of para-hydroxylation sites is 1. The molecule has 0 atom stereocenters. The third kappa shape index (κ3) is 1.52. The maximum atomic E-state index is 4.54. The summed E-state index contributed by atoms with van der Waals surface area (Å²) in [5.41, 5.74) is 2.61. The van der Waals surface area contributed by atoms with E-state index in [2.05, 4.69) is 21.3 Å². The molecule has 75 valence electrons. The Morgan fingerprint density at radius 2 is 1.81 bits per heavy atom. The molecule has 2 heterocycles. The van der Waals surface area contributed by atoms with Crippen LogP contribution in [0.5, 0.6) is 0 Å². The highest BCUT2D eigenvalue weighted by atomic mass is 14.8. The van der Waals surface area contributed by atoms with Gasteiger partial charge in [-0.2, -0.15) is 0 Å². The highest BCUT2D eigenvalue weighted by molar-refractivity contribution is 5.80. The Kier molecular flexibility index (Phi) is 2.07. The molecule has 0 N–H and O–H groups in total. The van der Waals surface area contributed by atoms with Crippen molar-refractivity contribution in [3.05, 3.63) is 55.0 Å². The van der Waals surface area contributed by atoms with Crippen molar-refractivity contribution in [1.29, 1.82) is 0 Å². The van der Waals surface area contributed by atoms with Gasteiger partial charge in [0.15, 0.2) is 6.33 Å². The first-order valence-corrected chi connectivity index (χ1v) is 4.99. The zero-order valence-corrected chi connectivity index (χ0v) is 8.46. The third-order valence-electron chi connectivity index (χ3n) is 2.40. The molecule has 0 spiro atoms. The molecule has 0 saturated heterocycles. The van der Waals surface area contributed by atoms with Crippen LogP contribution in [0.2, 0.25) is 0 Å². The first kappa shape index (κ1) is 8.97. The monoisotopic (exact) mass is 206 g/mol. The number of fused-ring (bicyclic) bond motifs is 1. The van der Waals surface area contributed by atoms with E-state index >= 15 is 0 Å². The normalized spacial score (nSPS) is 10.5. The quantitative estimate of drug-likeness (QED) is 0.614. The van der Waals surface area contributed by atoms with Crippen molar-refractivity contribution >= 4 is 10.9 Å². The highest BCUT2D eigenvalue weighted by Crippen LogP contribution is 2.18. The molecule has 0 bridgehead atoms. The lowest BCUT2D eigenvalue weighted by atomic mass is 10.2. The van der Waals surface area contributed by atoms with E-state index in [0.29, 0.717) is 0 Å². The number of rotatable bonds is 1. The van der Waals surface area contributed by atoms with E-state index in [9.17, 15) is 0 Å². The molecule has 0 aliphatic rings. The molecule has 3 nitrogen and oxygen atoms in total. The Morgan fingerprint density at radius 1 is 0.875 bits per heavy atom. The van der Waals surface area contributed by atoms with Crippen molar-refractivity contribution in [3.8, 4) is 11.4 Å². The minimum Gasteiger partial charge on any atom is -0.246 e. The molecule has 1 radical (unpaired) electrons. The topological polar surface area (TPSA) is 38.7 Å². The molecule has 0 aliphatic carbocycles. The zero-order valence-electron chi connectivity index (χ0n) is 8.46. The Hall–Kier alpha value is -2.29. The number of hydrogen-bond donors (Lipinski definition) is 0. The number of hydrogen-bond acceptors (Lipinski definition) is 3. The lowest BCUT2D eigenvalue weighted by Gasteiger charge is -2.01. The van der Waals surface area contributed by atoms with Crippen LogP contribution in [-0.2, 0) is 0 Å². The minimum atomic E-state index is 0.792. The van der Waals surface area contributed by atoms with E-state index < -0.39 is 0 Å². The summed E-state index contributed by atoms with van der Waals surface area (Å²) in [4.78, 5) is 12.4. The van der Waals surface area contributed by atoms with Crippen molar-refractivity contribution in [1.82, 2.24) is 15.0 Å². The fraction of sp³-hybridized carbons (Fsp3) is 0. The van der Waals surface area contributed by atoms with Gasteiger partial charge in [0.2, 0.25) is 0 Å². The number of pyridine rings is 1. The van der Waals surface area contributed by atoms with Gasteiger partial charge >= 0.3 is 0 Å². The molecule has 3 aromatic rings. The summed E-state index contributed by atoms with van der Waals surface area (Å²) in [6.07, 6.45) is 4.23. The number of aromatic nitrogens is 3. The molecule has 3 heteroatoms. The molecular weight excluding hydrogens is 198 g/mol. The first-order valence-electron chi connectivity index (χ1n) is 4.99. The molecule has 3 rings (SSSR count). The molecule has 16 heavy (non-hydrogen) atoms. The average Bonchev–Trinajstić information content (AvgIpc) is 2.39. The zero-order chi connectivity index (χ0) is 10.8. The van der Waals surface area contributed by atoms with Gasteiger partial charge in [-0.15, -0.1) is 0 Å². The Labute approximate surface area is 92.8 Å². The molecule has 2 aromatic heterocycles. The van der Waals surface area contributed by atoms with Gasteiger partial charge in [-0.05, 0) is 18.2 Å². The van der Waals surface area contributed by atoms with Crippen LogP contribution in [0.4, 0.5) is 0 Å². The average molecular weight is 206 g/mol. The van der Waals surface area contributed by atoms with Gasteiger partial charge in [0.1, 0.15) is 0 Å². The fourth-order valence-corrected chi connectivity index (χ4v) is 1.61. The minimum absolute atomic E-state index is 0.792. The van der Waals surface area contributed by atoms with Gasteiger partial charge < -0.3 is 0 Å². The first-order chi connectivity index (χ1) is 7.93. The second-order valence-corrected chi connectivity index (χ2v) is 3.43. The predicted octanol–water partition coefficient (Wildman–Crippen LogP) is 2.49. The van der Waals surface area contributed by atoms with Crippen molar-refractivity contribution in [2.75, 3.05) is 0 Å². The summed E-state index contributed by atoms with van der Waals surface area (Å²) >= 11 is 0. The van der Waals surface area contributed by atoms with E-state index in [-0.39, 0.29) is 0 Å². The van der Waals surface area contributed by atoms with Crippen LogP contribution in [-0.4, -0.2) is 15.0 Å². The van der Waals surface area contributed by atoms with Crippen LogP contribution >= 0.6 is 0 Å². The maximum Gasteiger partial charge on any atom is 0.198 e. The largest absolute Gasteiger partial charge is 0.246 e. The predicted molar refractivity (Wildman–Crippen MR) is 61.6 cm³/mol. The molecule has 0 unspecified atom stereocenters. The number of nitrogens with zero attached hydrogens (tertiary/aromatic N) is 3. The summed E-state index contributed by atoms with van der Waals surface area (Å²) in [6, 6.07) is 13.8. The Bertz CT molecular complexity index is 620. The van der Waals surface area contributed by atoms with Crippen LogP contribution in [0.1, 0.15) is 0 Å². The highest BCUT2D eigenvalue weighted by Gasteiger charge is 2.01. The van der Waals surface area contributed by atoms with Crippen molar-refractivity contribution in [2.24, 2.45) is 0 Å². The van der Waals surface area contributed by atoms with Crippen LogP contribution in [0.3, 0.4) is 0 Å². The fourth-order valence-electron chi connectivity index (χ4n) is 1.61. The second kappa shape index (κ2) is 3.70. The van der Waals surface area contributed by atoms with Crippen LogP contribution < -0.4 is 0 Å². The summed E-state index contributed by atoms with van der Waals surface area (Å²) in [7, 11) is 0. The molecule has 1 aromatic carbocycles. The Balaban J connectivity index is 2.19.